The van der Waals surface area contributed by atoms with Gasteiger partial charge in [0.1, 0.15) is 0 Å². The summed E-state index contributed by atoms with van der Waals surface area (Å²) < 4.78 is 27.6. The molecule has 1 saturated heterocycles. The van der Waals surface area contributed by atoms with Gasteiger partial charge in [0.2, 0.25) is 10.0 Å². The fraction of sp³-hybridized carbons (Fsp3) is 0.286. The second-order valence-corrected chi connectivity index (χ2v) is 9.25. The van der Waals surface area contributed by atoms with Gasteiger partial charge < -0.3 is 5.32 Å². The van der Waals surface area contributed by atoms with E-state index in [1.54, 1.807) is 12.1 Å². The van der Waals surface area contributed by atoms with Crippen molar-refractivity contribution in [2.45, 2.75) is 24.2 Å². The molecule has 2 aliphatic rings. The lowest BCUT2D eigenvalue weighted by Crippen LogP contribution is -2.36. The number of benzene rings is 2. The van der Waals surface area contributed by atoms with Crippen LogP contribution in [0.1, 0.15) is 50.3 Å². The fourth-order valence-corrected chi connectivity index (χ4v) is 5.47. The molecule has 0 aromatic heterocycles. The van der Waals surface area contributed by atoms with Crippen LogP contribution in [0.2, 0.25) is 0 Å². The third-order valence-corrected chi connectivity index (χ3v) is 7.37. The third kappa shape index (κ3) is 3.40. The summed E-state index contributed by atoms with van der Waals surface area (Å²) in [6, 6.07) is 10.5. The molecule has 3 amide bonds. The molecule has 2 aromatic carbocycles. The highest BCUT2D eigenvalue weighted by Crippen LogP contribution is 2.27. The van der Waals surface area contributed by atoms with E-state index < -0.39 is 27.7 Å². The molecule has 1 N–H and O–H groups in total. The van der Waals surface area contributed by atoms with Crippen LogP contribution < -0.4 is 5.32 Å². The van der Waals surface area contributed by atoms with Gasteiger partial charge in [0, 0.05) is 25.8 Å². The summed E-state index contributed by atoms with van der Waals surface area (Å²) in [6.07, 6.45) is 2.58. The molecule has 2 heterocycles. The smallest absolute Gasteiger partial charge is 0.261 e. The van der Waals surface area contributed by atoms with E-state index in [-0.39, 0.29) is 21.6 Å². The quantitative estimate of drug-likeness (QED) is 0.755. The number of imide groups is 1. The minimum Gasteiger partial charge on any atom is -0.322 e. The molecule has 30 heavy (non-hydrogen) atoms. The average Bonchev–Trinajstić information content (AvgIpc) is 2.98. The second-order valence-electron chi connectivity index (χ2n) is 7.34. The standard InChI is InChI=1S/C21H21N3O5S/c1-23-20(26)15-10-9-14(13-17(15)21(23)27)22-19(25)16-7-3-4-8-18(16)30(28,29)24-11-5-2-6-12-24/h3-4,7-10,13H,2,5-6,11-12H2,1H3,(H,22,25). The summed E-state index contributed by atoms with van der Waals surface area (Å²) in [5, 5.41) is 2.65. The zero-order valence-electron chi connectivity index (χ0n) is 16.4. The van der Waals surface area contributed by atoms with Gasteiger partial charge in [-0.25, -0.2) is 8.42 Å². The maximum atomic E-state index is 13.1. The lowest BCUT2D eigenvalue weighted by Gasteiger charge is -2.26. The van der Waals surface area contributed by atoms with Gasteiger partial charge >= 0.3 is 0 Å². The van der Waals surface area contributed by atoms with Gasteiger partial charge in [0.15, 0.2) is 0 Å². The molecule has 2 aliphatic heterocycles. The van der Waals surface area contributed by atoms with Crippen LogP contribution in [0.15, 0.2) is 47.4 Å². The van der Waals surface area contributed by atoms with Crippen LogP contribution in [0.5, 0.6) is 0 Å². The third-order valence-electron chi connectivity index (χ3n) is 5.41. The Morgan fingerprint density at radius 3 is 2.33 bits per heavy atom. The number of nitrogens with zero attached hydrogens (tertiary/aromatic N) is 2. The summed E-state index contributed by atoms with van der Waals surface area (Å²) in [4.78, 5) is 38.1. The molecule has 0 saturated carbocycles. The molecule has 0 radical (unpaired) electrons. The number of carbonyl (C=O) groups excluding carboxylic acids is 3. The van der Waals surface area contributed by atoms with Gasteiger partial charge in [-0.15, -0.1) is 0 Å². The minimum atomic E-state index is -3.80. The fourth-order valence-electron chi connectivity index (χ4n) is 3.76. The molecule has 8 nitrogen and oxygen atoms in total. The van der Waals surface area contributed by atoms with Crippen LogP contribution in [-0.2, 0) is 10.0 Å². The Bertz CT molecular complexity index is 1150. The Balaban J connectivity index is 1.63. The zero-order chi connectivity index (χ0) is 21.5. The number of sulfonamides is 1. The first kappa shape index (κ1) is 20.2. The summed E-state index contributed by atoms with van der Waals surface area (Å²) in [6.45, 7) is 0.875. The molecule has 9 heteroatoms. The molecule has 2 aromatic rings. The molecule has 0 bridgehead atoms. The number of nitrogens with one attached hydrogen (secondary N) is 1. The van der Waals surface area contributed by atoms with Crippen molar-refractivity contribution in [2.75, 3.05) is 25.5 Å². The van der Waals surface area contributed by atoms with E-state index in [1.807, 2.05) is 0 Å². The molecule has 0 aliphatic carbocycles. The van der Waals surface area contributed by atoms with Crippen LogP contribution in [0, 0.1) is 0 Å². The molecule has 156 valence electrons. The summed E-state index contributed by atoms with van der Waals surface area (Å²) in [5.74, 6) is -1.44. The highest BCUT2D eigenvalue weighted by Gasteiger charge is 2.33. The van der Waals surface area contributed by atoms with E-state index in [2.05, 4.69) is 5.32 Å². The molecule has 1 fully saturated rings. The maximum absolute atomic E-state index is 13.1. The number of hydrogen-bond donors (Lipinski definition) is 1. The van der Waals surface area contributed by atoms with Gasteiger partial charge in [0.25, 0.3) is 17.7 Å². The number of amides is 3. The first-order valence-corrected chi connectivity index (χ1v) is 11.1. The van der Waals surface area contributed by atoms with E-state index in [0.29, 0.717) is 18.8 Å². The van der Waals surface area contributed by atoms with E-state index in [4.69, 9.17) is 0 Å². The van der Waals surface area contributed by atoms with Crippen molar-refractivity contribution in [3.05, 3.63) is 59.2 Å². The predicted octanol–water partition coefficient (Wildman–Crippen LogP) is 2.34. The van der Waals surface area contributed by atoms with Gasteiger partial charge in [-0.1, -0.05) is 18.6 Å². The number of hydrogen-bond acceptors (Lipinski definition) is 5. The first-order chi connectivity index (χ1) is 14.3. The largest absolute Gasteiger partial charge is 0.322 e. The lowest BCUT2D eigenvalue weighted by atomic mass is 10.1. The Kier molecular flexibility index (Phi) is 5.17. The Hall–Kier alpha value is -3.04. The highest BCUT2D eigenvalue weighted by molar-refractivity contribution is 7.89. The SMILES string of the molecule is CN1C(=O)c2ccc(NC(=O)c3ccccc3S(=O)(=O)N3CCCCC3)cc2C1=O. The molecule has 4 rings (SSSR count). The average molecular weight is 427 g/mol. The van der Waals surface area contributed by atoms with E-state index >= 15 is 0 Å². The summed E-state index contributed by atoms with van der Waals surface area (Å²) in [7, 11) is -2.40. The summed E-state index contributed by atoms with van der Waals surface area (Å²) >= 11 is 0. The van der Waals surface area contributed by atoms with Crippen LogP contribution in [0.25, 0.3) is 0 Å². The highest BCUT2D eigenvalue weighted by atomic mass is 32.2. The zero-order valence-corrected chi connectivity index (χ0v) is 17.2. The minimum absolute atomic E-state index is 0.0306. The Morgan fingerprint density at radius 2 is 1.60 bits per heavy atom. The Labute approximate surface area is 174 Å². The van der Waals surface area contributed by atoms with Crippen molar-refractivity contribution in [1.82, 2.24) is 9.21 Å². The number of piperidine rings is 1. The molecular formula is C21H21N3O5S. The van der Waals surface area contributed by atoms with E-state index in [0.717, 1.165) is 24.2 Å². The topological polar surface area (TPSA) is 104 Å². The molecule has 0 unspecified atom stereocenters. The van der Waals surface area contributed by atoms with Crippen molar-refractivity contribution in [1.29, 1.82) is 0 Å². The first-order valence-electron chi connectivity index (χ1n) is 9.67. The monoisotopic (exact) mass is 427 g/mol. The van der Waals surface area contributed by atoms with Crippen molar-refractivity contribution in [2.24, 2.45) is 0 Å². The van der Waals surface area contributed by atoms with Gasteiger partial charge in [-0.2, -0.15) is 4.31 Å². The van der Waals surface area contributed by atoms with Crippen LogP contribution in [0.3, 0.4) is 0 Å². The summed E-state index contributed by atoms with van der Waals surface area (Å²) in [5.41, 5.74) is 0.812. The van der Waals surface area contributed by atoms with Crippen LogP contribution in [-0.4, -0.2) is 55.5 Å². The van der Waals surface area contributed by atoms with Crippen molar-refractivity contribution >= 4 is 33.4 Å². The van der Waals surface area contributed by atoms with E-state index in [9.17, 15) is 22.8 Å². The van der Waals surface area contributed by atoms with Crippen molar-refractivity contribution < 1.29 is 22.8 Å². The normalized spacial score (nSPS) is 17.2. The van der Waals surface area contributed by atoms with Crippen LogP contribution >= 0.6 is 0 Å². The van der Waals surface area contributed by atoms with Crippen molar-refractivity contribution in [3.8, 4) is 0 Å². The van der Waals surface area contributed by atoms with Gasteiger partial charge in [0.05, 0.1) is 21.6 Å². The maximum Gasteiger partial charge on any atom is 0.261 e. The number of fused-ring (bicyclic) bond motifs is 1. The number of rotatable bonds is 4. The predicted molar refractivity (Wildman–Crippen MR) is 110 cm³/mol. The second kappa shape index (κ2) is 7.66. The van der Waals surface area contributed by atoms with Gasteiger partial charge in [-0.05, 0) is 43.2 Å². The number of anilines is 1. The number of carbonyl (C=O) groups is 3. The van der Waals surface area contributed by atoms with E-state index in [1.165, 1.54) is 41.7 Å². The van der Waals surface area contributed by atoms with Crippen molar-refractivity contribution in [3.63, 3.8) is 0 Å². The molecule has 0 spiro atoms. The van der Waals surface area contributed by atoms with Crippen LogP contribution in [0.4, 0.5) is 5.69 Å². The molecular weight excluding hydrogens is 406 g/mol. The Morgan fingerprint density at radius 1 is 0.933 bits per heavy atom. The lowest BCUT2D eigenvalue weighted by molar-refractivity contribution is 0.0692. The van der Waals surface area contributed by atoms with Gasteiger partial charge in [-0.3, -0.25) is 19.3 Å². The molecule has 0 atom stereocenters.